The Morgan fingerprint density at radius 1 is 1.33 bits per heavy atom. The third-order valence-corrected chi connectivity index (χ3v) is 3.87. The van der Waals surface area contributed by atoms with E-state index in [-0.39, 0.29) is 12.5 Å². The largest absolute Gasteiger partial charge is 0.325 e. The number of benzene rings is 1. The Balaban J connectivity index is 2.71. The lowest BCUT2D eigenvalue weighted by Crippen LogP contribution is -2.39. The molecule has 1 amide bonds. The molecule has 6 nitrogen and oxygen atoms in total. The van der Waals surface area contributed by atoms with E-state index in [4.69, 9.17) is 5.26 Å². The average Bonchev–Trinajstić information content (AvgIpc) is 2.37. The maximum Gasteiger partial charge on any atom is 0.239 e. The van der Waals surface area contributed by atoms with Gasteiger partial charge in [-0.05, 0) is 30.2 Å². The van der Waals surface area contributed by atoms with E-state index in [1.807, 2.05) is 19.9 Å². The van der Waals surface area contributed by atoms with Gasteiger partial charge in [0.2, 0.25) is 15.9 Å². The van der Waals surface area contributed by atoms with Gasteiger partial charge in [0.15, 0.2) is 0 Å². The number of carbonyl (C=O) groups excluding carboxylic acids is 1. The lowest BCUT2D eigenvalue weighted by atomic mass is 10.2. The molecule has 0 spiro atoms. The SMILES string of the molecule is CC(C)CN(CC(=O)Nc1ccc(C#N)cc1)S(C)(=O)=O. The fraction of sp³-hybridized carbons (Fsp3) is 0.429. The Hall–Kier alpha value is -1.91. The van der Waals surface area contributed by atoms with Crippen molar-refractivity contribution < 1.29 is 13.2 Å². The summed E-state index contributed by atoms with van der Waals surface area (Å²) in [5, 5.41) is 11.3. The standard InChI is InChI=1S/C14H19N3O3S/c1-11(2)9-17(21(3,19)20)10-14(18)16-13-6-4-12(8-15)5-7-13/h4-7,11H,9-10H2,1-3H3,(H,16,18). The Labute approximate surface area is 125 Å². The van der Waals surface area contributed by atoms with Crippen LogP contribution in [0, 0.1) is 17.2 Å². The predicted octanol–water partition coefficient (Wildman–Crippen LogP) is 1.41. The van der Waals surface area contributed by atoms with Gasteiger partial charge in [0.05, 0.1) is 24.4 Å². The molecule has 0 aliphatic rings. The van der Waals surface area contributed by atoms with Crippen LogP contribution in [0.4, 0.5) is 5.69 Å². The van der Waals surface area contributed by atoms with Gasteiger partial charge in [-0.2, -0.15) is 9.57 Å². The van der Waals surface area contributed by atoms with Gasteiger partial charge >= 0.3 is 0 Å². The zero-order valence-electron chi connectivity index (χ0n) is 12.3. The van der Waals surface area contributed by atoms with Crippen molar-refractivity contribution in [3.63, 3.8) is 0 Å². The van der Waals surface area contributed by atoms with E-state index in [1.165, 1.54) is 0 Å². The molecule has 0 atom stereocenters. The minimum absolute atomic E-state index is 0.127. The first-order valence-corrected chi connectivity index (χ1v) is 8.32. The van der Waals surface area contributed by atoms with E-state index in [0.717, 1.165) is 10.6 Å². The van der Waals surface area contributed by atoms with Crippen molar-refractivity contribution in [3.8, 4) is 6.07 Å². The number of anilines is 1. The summed E-state index contributed by atoms with van der Waals surface area (Å²) < 4.78 is 24.4. The molecule has 0 saturated heterocycles. The third-order valence-electron chi connectivity index (χ3n) is 2.66. The molecular formula is C14H19N3O3S. The molecule has 0 radical (unpaired) electrons. The molecule has 1 aromatic rings. The summed E-state index contributed by atoms with van der Waals surface area (Å²) in [5.41, 5.74) is 1.02. The first-order valence-electron chi connectivity index (χ1n) is 6.47. The number of sulfonamides is 1. The molecule has 0 saturated carbocycles. The minimum atomic E-state index is -3.43. The van der Waals surface area contributed by atoms with Gasteiger partial charge in [-0.25, -0.2) is 8.42 Å². The van der Waals surface area contributed by atoms with Gasteiger partial charge in [-0.1, -0.05) is 13.8 Å². The number of hydrogen-bond donors (Lipinski definition) is 1. The maximum atomic E-state index is 11.9. The van der Waals surface area contributed by atoms with Crippen LogP contribution in [0.3, 0.4) is 0 Å². The molecule has 0 heterocycles. The number of nitrogens with one attached hydrogen (secondary N) is 1. The van der Waals surface area contributed by atoms with Crippen LogP contribution in [-0.2, 0) is 14.8 Å². The molecule has 7 heteroatoms. The zero-order chi connectivity index (χ0) is 16.0. The van der Waals surface area contributed by atoms with E-state index in [0.29, 0.717) is 17.8 Å². The molecule has 21 heavy (non-hydrogen) atoms. The predicted molar refractivity (Wildman–Crippen MR) is 81.0 cm³/mol. The second-order valence-corrected chi connectivity index (χ2v) is 7.17. The molecule has 114 valence electrons. The van der Waals surface area contributed by atoms with Crippen molar-refractivity contribution in [1.29, 1.82) is 5.26 Å². The van der Waals surface area contributed by atoms with Gasteiger partial charge in [0, 0.05) is 12.2 Å². The summed E-state index contributed by atoms with van der Waals surface area (Å²) in [6.45, 7) is 3.84. The third kappa shape index (κ3) is 5.94. The maximum absolute atomic E-state index is 11.9. The van der Waals surface area contributed by atoms with Crippen LogP contribution >= 0.6 is 0 Å². The van der Waals surface area contributed by atoms with Gasteiger partial charge in [0.25, 0.3) is 0 Å². The smallest absolute Gasteiger partial charge is 0.239 e. The van der Waals surface area contributed by atoms with Crippen molar-refractivity contribution >= 4 is 21.6 Å². The zero-order valence-corrected chi connectivity index (χ0v) is 13.1. The summed E-state index contributed by atoms with van der Waals surface area (Å²) in [4.78, 5) is 11.9. The van der Waals surface area contributed by atoms with Crippen LogP contribution in [0.25, 0.3) is 0 Å². The molecule has 1 rings (SSSR count). The number of nitriles is 1. The summed E-state index contributed by atoms with van der Waals surface area (Å²) in [7, 11) is -3.43. The average molecular weight is 309 g/mol. The van der Waals surface area contributed by atoms with Gasteiger partial charge in [-0.15, -0.1) is 0 Å². The Morgan fingerprint density at radius 3 is 2.33 bits per heavy atom. The highest BCUT2D eigenvalue weighted by atomic mass is 32.2. The van der Waals surface area contributed by atoms with Crippen molar-refractivity contribution in [3.05, 3.63) is 29.8 Å². The molecule has 0 aliphatic heterocycles. The topological polar surface area (TPSA) is 90.3 Å². The number of nitrogens with zero attached hydrogens (tertiary/aromatic N) is 2. The fourth-order valence-corrected chi connectivity index (χ4v) is 2.63. The highest BCUT2D eigenvalue weighted by Gasteiger charge is 2.21. The first kappa shape index (κ1) is 17.1. The summed E-state index contributed by atoms with van der Waals surface area (Å²) in [6, 6.07) is 8.35. The van der Waals surface area contributed by atoms with Crippen molar-refractivity contribution in [2.45, 2.75) is 13.8 Å². The number of hydrogen-bond acceptors (Lipinski definition) is 4. The van der Waals surface area contributed by atoms with Crippen LogP contribution in [0.2, 0.25) is 0 Å². The molecule has 1 aromatic carbocycles. The quantitative estimate of drug-likeness (QED) is 0.860. The van der Waals surface area contributed by atoms with E-state index in [9.17, 15) is 13.2 Å². The second-order valence-electron chi connectivity index (χ2n) is 5.19. The molecule has 0 unspecified atom stereocenters. The summed E-state index contributed by atoms with van der Waals surface area (Å²) >= 11 is 0. The van der Waals surface area contributed by atoms with Crippen molar-refractivity contribution in [1.82, 2.24) is 4.31 Å². The van der Waals surface area contributed by atoms with Crippen molar-refractivity contribution in [2.75, 3.05) is 24.7 Å². The van der Waals surface area contributed by atoms with E-state index in [2.05, 4.69) is 5.32 Å². The van der Waals surface area contributed by atoms with E-state index in [1.54, 1.807) is 24.3 Å². The molecule has 1 N–H and O–H groups in total. The normalized spacial score (nSPS) is 11.4. The van der Waals surface area contributed by atoms with Gasteiger partial charge < -0.3 is 5.32 Å². The van der Waals surface area contributed by atoms with Crippen LogP contribution in [0.5, 0.6) is 0 Å². The number of amides is 1. The van der Waals surface area contributed by atoms with Crippen LogP contribution in [-0.4, -0.2) is 38.0 Å². The van der Waals surface area contributed by atoms with E-state index >= 15 is 0 Å². The second kappa shape index (κ2) is 7.20. The molecule has 0 aromatic heterocycles. The summed E-state index contributed by atoms with van der Waals surface area (Å²) in [5.74, 6) is -0.284. The van der Waals surface area contributed by atoms with Crippen molar-refractivity contribution in [2.24, 2.45) is 5.92 Å². The first-order chi connectivity index (χ1) is 9.72. The minimum Gasteiger partial charge on any atom is -0.325 e. The summed E-state index contributed by atoms with van der Waals surface area (Å²) in [6.07, 6.45) is 1.09. The molecule has 0 aliphatic carbocycles. The van der Waals surface area contributed by atoms with Gasteiger partial charge in [0.1, 0.15) is 0 Å². The molecule has 0 bridgehead atoms. The van der Waals surface area contributed by atoms with Crippen LogP contribution < -0.4 is 5.32 Å². The lowest BCUT2D eigenvalue weighted by molar-refractivity contribution is -0.116. The Bertz CT molecular complexity index is 630. The molecule has 0 fully saturated rings. The monoisotopic (exact) mass is 309 g/mol. The van der Waals surface area contributed by atoms with E-state index < -0.39 is 15.9 Å². The highest BCUT2D eigenvalue weighted by molar-refractivity contribution is 7.88. The fourth-order valence-electron chi connectivity index (χ4n) is 1.71. The Morgan fingerprint density at radius 2 is 1.90 bits per heavy atom. The number of rotatable bonds is 6. The Kier molecular flexibility index (Phi) is 5.88. The lowest BCUT2D eigenvalue weighted by Gasteiger charge is -2.21. The van der Waals surface area contributed by atoms with Gasteiger partial charge in [-0.3, -0.25) is 4.79 Å². The van der Waals surface area contributed by atoms with Crippen LogP contribution in [0.15, 0.2) is 24.3 Å². The number of carbonyl (C=O) groups is 1. The molecular weight excluding hydrogens is 290 g/mol. The highest BCUT2D eigenvalue weighted by Crippen LogP contribution is 2.10. The van der Waals surface area contributed by atoms with Crippen LogP contribution in [0.1, 0.15) is 19.4 Å².